The molecule has 6 heteroatoms. The minimum Gasteiger partial charge on any atom is -0.369 e. The molecule has 0 saturated carbocycles. The molecule has 0 spiro atoms. The van der Waals surface area contributed by atoms with Crippen molar-refractivity contribution < 1.29 is 4.79 Å². The van der Waals surface area contributed by atoms with Gasteiger partial charge in [-0.25, -0.2) is 0 Å². The third-order valence-corrected chi connectivity index (χ3v) is 5.24. The van der Waals surface area contributed by atoms with Crippen LogP contribution in [-0.2, 0) is 4.79 Å². The van der Waals surface area contributed by atoms with Gasteiger partial charge in [0.15, 0.2) is 5.78 Å². The van der Waals surface area contributed by atoms with E-state index in [-0.39, 0.29) is 22.7 Å². The summed E-state index contributed by atoms with van der Waals surface area (Å²) in [4.78, 5) is 32.7. The first kappa shape index (κ1) is 16.6. The molecule has 4 N–H and O–H groups in total. The minimum absolute atomic E-state index is 0.0650. The SMILES string of the molecule is Cc1ccccc1C1C2=C(CC(C)(C)CC2=O)Nc2nc(N)[nH]c(=O)c21. The second kappa shape index (κ2) is 5.56. The number of carbonyl (C=O) groups is 1. The first-order valence-electron chi connectivity index (χ1n) is 8.75. The molecular formula is C20H22N4O2. The van der Waals surface area contributed by atoms with Crippen molar-refractivity contribution in [3.8, 4) is 0 Å². The van der Waals surface area contributed by atoms with E-state index >= 15 is 0 Å². The van der Waals surface area contributed by atoms with Gasteiger partial charge in [-0.1, -0.05) is 38.1 Å². The molecule has 0 saturated heterocycles. The van der Waals surface area contributed by atoms with E-state index in [2.05, 4.69) is 29.1 Å². The van der Waals surface area contributed by atoms with Gasteiger partial charge in [-0.3, -0.25) is 14.6 Å². The van der Waals surface area contributed by atoms with Gasteiger partial charge in [0.1, 0.15) is 5.82 Å². The largest absolute Gasteiger partial charge is 0.369 e. The monoisotopic (exact) mass is 350 g/mol. The molecule has 2 aromatic rings. The van der Waals surface area contributed by atoms with Gasteiger partial charge in [-0.15, -0.1) is 0 Å². The Morgan fingerprint density at radius 2 is 1.92 bits per heavy atom. The molecule has 1 aliphatic heterocycles. The lowest BCUT2D eigenvalue weighted by Gasteiger charge is -2.38. The number of fused-ring (bicyclic) bond motifs is 1. The molecule has 134 valence electrons. The van der Waals surface area contributed by atoms with Crippen LogP contribution in [0.25, 0.3) is 0 Å². The molecule has 0 radical (unpaired) electrons. The van der Waals surface area contributed by atoms with Gasteiger partial charge in [0.05, 0.1) is 5.56 Å². The fourth-order valence-electron chi connectivity index (χ4n) is 4.15. The van der Waals surface area contributed by atoms with Crippen LogP contribution in [0.4, 0.5) is 11.8 Å². The van der Waals surface area contributed by atoms with Gasteiger partial charge in [-0.05, 0) is 29.9 Å². The number of nitrogen functional groups attached to an aromatic ring is 1. The third-order valence-electron chi connectivity index (χ3n) is 5.24. The maximum Gasteiger partial charge on any atom is 0.258 e. The molecule has 1 unspecified atom stereocenters. The number of aromatic nitrogens is 2. The smallest absolute Gasteiger partial charge is 0.258 e. The highest BCUT2D eigenvalue weighted by atomic mass is 16.1. The topological polar surface area (TPSA) is 101 Å². The van der Waals surface area contributed by atoms with Crippen LogP contribution in [0.5, 0.6) is 0 Å². The van der Waals surface area contributed by atoms with Crippen LogP contribution in [0.3, 0.4) is 0 Å². The van der Waals surface area contributed by atoms with E-state index in [1.54, 1.807) is 0 Å². The summed E-state index contributed by atoms with van der Waals surface area (Å²) < 4.78 is 0. The van der Waals surface area contributed by atoms with Gasteiger partial charge in [0.2, 0.25) is 5.95 Å². The molecule has 1 aromatic carbocycles. The molecule has 1 aliphatic carbocycles. The van der Waals surface area contributed by atoms with Crippen molar-refractivity contribution in [2.75, 3.05) is 11.1 Å². The van der Waals surface area contributed by atoms with Crippen molar-refractivity contribution in [2.45, 2.75) is 39.5 Å². The van der Waals surface area contributed by atoms with E-state index < -0.39 is 5.92 Å². The number of benzene rings is 1. The standard InChI is InChI=1S/C20H22N4O2/c1-10-6-4-5-7-11(10)14-15-12(8-20(2,3)9-13(15)25)22-17-16(14)18(26)24-19(21)23-17/h4-7,14H,8-9H2,1-3H3,(H4,21,22,23,24,26). The third kappa shape index (κ3) is 2.53. The molecule has 0 amide bonds. The molecule has 1 atom stereocenters. The summed E-state index contributed by atoms with van der Waals surface area (Å²) >= 11 is 0. The zero-order chi connectivity index (χ0) is 18.6. The van der Waals surface area contributed by atoms with Crippen LogP contribution >= 0.6 is 0 Å². The Hall–Kier alpha value is -2.89. The molecule has 6 nitrogen and oxygen atoms in total. The predicted octanol–water partition coefficient (Wildman–Crippen LogP) is 2.86. The molecule has 0 bridgehead atoms. The first-order valence-corrected chi connectivity index (χ1v) is 8.75. The number of hydrogen-bond acceptors (Lipinski definition) is 5. The van der Waals surface area contributed by atoms with Crippen molar-refractivity contribution in [2.24, 2.45) is 5.41 Å². The molecule has 2 heterocycles. The Balaban J connectivity index is 2.03. The quantitative estimate of drug-likeness (QED) is 0.734. The number of nitrogens with one attached hydrogen (secondary N) is 2. The first-order chi connectivity index (χ1) is 12.3. The van der Waals surface area contributed by atoms with E-state index in [1.807, 2.05) is 31.2 Å². The Labute approximate surface area is 151 Å². The normalized spacial score (nSPS) is 21.0. The zero-order valence-corrected chi connectivity index (χ0v) is 15.1. The number of aromatic amines is 1. The van der Waals surface area contributed by atoms with Gasteiger partial charge in [0, 0.05) is 23.6 Å². The number of carbonyl (C=O) groups excluding carboxylic acids is 1. The average Bonchev–Trinajstić information content (AvgIpc) is 2.52. The summed E-state index contributed by atoms with van der Waals surface area (Å²) in [5.41, 5.74) is 9.29. The summed E-state index contributed by atoms with van der Waals surface area (Å²) in [6.45, 7) is 6.15. The van der Waals surface area contributed by atoms with E-state index in [4.69, 9.17) is 5.73 Å². The number of nitrogens with zero attached hydrogens (tertiary/aromatic N) is 1. The molecule has 4 rings (SSSR count). The Morgan fingerprint density at radius 1 is 1.19 bits per heavy atom. The maximum atomic E-state index is 13.1. The highest BCUT2D eigenvalue weighted by Gasteiger charge is 2.42. The van der Waals surface area contributed by atoms with Gasteiger partial charge >= 0.3 is 0 Å². The number of aryl methyl sites for hydroxylation is 1. The summed E-state index contributed by atoms with van der Waals surface area (Å²) in [5, 5.41) is 3.23. The molecule has 1 aromatic heterocycles. The van der Waals surface area contributed by atoms with Crippen LogP contribution < -0.4 is 16.6 Å². The lowest BCUT2D eigenvalue weighted by atomic mass is 9.69. The van der Waals surface area contributed by atoms with Crippen LogP contribution in [0.1, 0.15) is 49.3 Å². The van der Waals surface area contributed by atoms with Crippen LogP contribution in [0.15, 0.2) is 40.3 Å². The van der Waals surface area contributed by atoms with E-state index in [0.717, 1.165) is 23.2 Å². The molecule has 2 aliphatic rings. The summed E-state index contributed by atoms with van der Waals surface area (Å²) in [6, 6.07) is 7.85. The van der Waals surface area contributed by atoms with Crippen molar-refractivity contribution in [3.63, 3.8) is 0 Å². The number of hydrogen-bond donors (Lipinski definition) is 3. The van der Waals surface area contributed by atoms with Crippen molar-refractivity contribution in [1.29, 1.82) is 0 Å². The van der Waals surface area contributed by atoms with E-state index in [9.17, 15) is 9.59 Å². The Morgan fingerprint density at radius 3 is 2.65 bits per heavy atom. The molecular weight excluding hydrogens is 328 g/mol. The molecule has 0 fully saturated rings. The number of anilines is 2. The summed E-state index contributed by atoms with van der Waals surface area (Å²) in [5.74, 6) is 0.167. The van der Waals surface area contributed by atoms with Crippen molar-refractivity contribution >= 4 is 17.5 Å². The van der Waals surface area contributed by atoms with Crippen LogP contribution in [0.2, 0.25) is 0 Å². The van der Waals surface area contributed by atoms with E-state index in [1.165, 1.54) is 0 Å². The summed E-state index contributed by atoms with van der Waals surface area (Å²) in [6.07, 6.45) is 1.19. The van der Waals surface area contributed by atoms with Crippen LogP contribution in [-0.4, -0.2) is 15.8 Å². The van der Waals surface area contributed by atoms with E-state index in [0.29, 0.717) is 23.4 Å². The Bertz CT molecular complexity index is 1020. The van der Waals surface area contributed by atoms with Crippen molar-refractivity contribution in [1.82, 2.24) is 9.97 Å². The average molecular weight is 350 g/mol. The minimum atomic E-state index is -0.428. The number of rotatable bonds is 1. The van der Waals surface area contributed by atoms with Gasteiger partial charge in [-0.2, -0.15) is 4.98 Å². The number of Topliss-reactive ketones (excluding diaryl/α,β-unsaturated/α-hetero) is 1. The Kier molecular flexibility index (Phi) is 3.54. The number of H-pyrrole nitrogens is 1. The predicted molar refractivity (Wildman–Crippen MR) is 101 cm³/mol. The number of nitrogens with two attached hydrogens (primary N) is 1. The van der Waals surface area contributed by atoms with Crippen molar-refractivity contribution in [3.05, 3.63) is 62.6 Å². The lowest BCUT2D eigenvalue weighted by molar-refractivity contribution is -0.118. The highest BCUT2D eigenvalue weighted by molar-refractivity contribution is 6.01. The highest BCUT2D eigenvalue weighted by Crippen LogP contribution is 2.47. The summed E-state index contributed by atoms with van der Waals surface area (Å²) in [7, 11) is 0. The van der Waals surface area contributed by atoms with Crippen LogP contribution in [0, 0.1) is 12.3 Å². The molecule has 26 heavy (non-hydrogen) atoms. The fourth-order valence-corrected chi connectivity index (χ4v) is 4.15. The number of ketones is 1. The van der Waals surface area contributed by atoms with Gasteiger partial charge < -0.3 is 11.1 Å². The maximum absolute atomic E-state index is 13.1. The fraction of sp³-hybridized carbons (Fsp3) is 0.350. The number of allylic oxidation sites excluding steroid dienone is 2. The zero-order valence-electron chi connectivity index (χ0n) is 15.1. The second-order valence-electron chi connectivity index (χ2n) is 7.96. The van der Waals surface area contributed by atoms with Gasteiger partial charge in [0.25, 0.3) is 5.56 Å². The lowest BCUT2D eigenvalue weighted by Crippen LogP contribution is -2.37. The second-order valence-corrected chi connectivity index (χ2v) is 7.96.